The van der Waals surface area contributed by atoms with Gasteiger partial charge in [0.25, 0.3) is 0 Å². The fourth-order valence-corrected chi connectivity index (χ4v) is 1.31. The first-order valence-corrected chi connectivity index (χ1v) is 6.64. The molecule has 0 saturated carbocycles. The Bertz CT molecular complexity index is 506. The van der Waals surface area contributed by atoms with Crippen molar-refractivity contribution < 1.29 is 19.1 Å². The summed E-state index contributed by atoms with van der Waals surface area (Å²) < 4.78 is 9.95. The Morgan fingerprint density at radius 1 is 1.10 bits per heavy atom. The summed E-state index contributed by atoms with van der Waals surface area (Å²) >= 11 is 0. The summed E-state index contributed by atoms with van der Waals surface area (Å²) in [7, 11) is 0. The van der Waals surface area contributed by atoms with Gasteiger partial charge in [0.05, 0.1) is 6.61 Å². The van der Waals surface area contributed by atoms with Gasteiger partial charge in [-0.05, 0) is 30.9 Å². The quantitative estimate of drug-likeness (QED) is 0.556. The maximum atomic E-state index is 11.0. The van der Waals surface area contributed by atoms with Crippen molar-refractivity contribution in [3.8, 4) is 23.7 Å². The third-order valence-corrected chi connectivity index (χ3v) is 2.13. The average Bonchev–Trinajstić information content (AvgIpc) is 2.40. The summed E-state index contributed by atoms with van der Waals surface area (Å²) in [6.07, 6.45) is 7.64. The molecule has 4 nitrogen and oxygen atoms in total. The van der Waals surface area contributed by atoms with Gasteiger partial charge in [0.2, 0.25) is 0 Å². The lowest BCUT2D eigenvalue weighted by Crippen LogP contribution is -2.18. The molecule has 0 aromatic rings. The number of hydrogen-bond donors (Lipinski definition) is 0. The summed E-state index contributed by atoms with van der Waals surface area (Å²) in [4.78, 5) is 21.7. The molecule has 0 amide bonds. The maximum Gasteiger partial charge on any atom is 0.302 e. The van der Waals surface area contributed by atoms with E-state index in [1.165, 1.54) is 13.8 Å². The van der Waals surface area contributed by atoms with Crippen molar-refractivity contribution in [1.82, 2.24) is 0 Å². The molecule has 0 radical (unpaired) electrons. The van der Waals surface area contributed by atoms with E-state index in [2.05, 4.69) is 23.7 Å². The van der Waals surface area contributed by atoms with Crippen LogP contribution in [0.25, 0.3) is 0 Å². The number of ether oxygens (including phenoxy) is 2. The van der Waals surface area contributed by atoms with Crippen LogP contribution in [0.3, 0.4) is 0 Å². The second-order valence-electron chi connectivity index (χ2n) is 4.04. The molecule has 0 unspecified atom stereocenters. The first-order chi connectivity index (χ1) is 10.1. The average molecular weight is 288 g/mol. The van der Waals surface area contributed by atoms with Gasteiger partial charge in [0, 0.05) is 26.7 Å². The SMILES string of the molecule is C/C=C/C#CC#C/C=C/C[C@H](CCOC(C)=O)OC(C)=O. The van der Waals surface area contributed by atoms with Crippen LogP contribution in [0.2, 0.25) is 0 Å². The van der Waals surface area contributed by atoms with Crippen LogP contribution in [-0.4, -0.2) is 24.6 Å². The van der Waals surface area contributed by atoms with E-state index >= 15 is 0 Å². The molecule has 21 heavy (non-hydrogen) atoms. The molecule has 1 atom stereocenters. The van der Waals surface area contributed by atoms with Crippen molar-refractivity contribution in [3.63, 3.8) is 0 Å². The van der Waals surface area contributed by atoms with Crippen molar-refractivity contribution in [1.29, 1.82) is 0 Å². The minimum Gasteiger partial charge on any atom is -0.466 e. The van der Waals surface area contributed by atoms with E-state index in [0.717, 1.165) is 0 Å². The number of hydrogen-bond acceptors (Lipinski definition) is 4. The zero-order valence-electron chi connectivity index (χ0n) is 12.6. The van der Waals surface area contributed by atoms with E-state index in [1.54, 1.807) is 18.2 Å². The molecular weight excluding hydrogens is 268 g/mol. The molecule has 0 saturated heterocycles. The predicted octanol–water partition coefficient (Wildman–Crippen LogP) is 2.40. The molecule has 0 N–H and O–H groups in total. The van der Waals surface area contributed by atoms with Crippen molar-refractivity contribution in [2.24, 2.45) is 0 Å². The lowest BCUT2D eigenvalue weighted by molar-refractivity contribution is -0.148. The van der Waals surface area contributed by atoms with Gasteiger partial charge in [-0.2, -0.15) is 0 Å². The first kappa shape index (κ1) is 18.5. The van der Waals surface area contributed by atoms with Crippen LogP contribution in [0.4, 0.5) is 0 Å². The van der Waals surface area contributed by atoms with Gasteiger partial charge in [0.15, 0.2) is 0 Å². The lowest BCUT2D eigenvalue weighted by Gasteiger charge is -2.14. The van der Waals surface area contributed by atoms with Crippen molar-refractivity contribution in [2.45, 2.75) is 39.7 Å². The minimum absolute atomic E-state index is 0.224. The highest BCUT2D eigenvalue weighted by Crippen LogP contribution is 2.06. The minimum atomic E-state index is -0.362. The molecule has 0 aliphatic carbocycles. The van der Waals surface area contributed by atoms with Crippen LogP contribution in [0.15, 0.2) is 24.3 Å². The maximum absolute atomic E-state index is 11.0. The third-order valence-electron chi connectivity index (χ3n) is 2.13. The molecule has 4 heteroatoms. The standard InChI is InChI=1S/C17H20O4/c1-4-5-6-7-8-9-10-11-12-17(21-16(3)19)13-14-20-15(2)18/h4-5,10-11,17H,12-14H2,1-3H3/b5-4+,11-10+/t17-/m1/s1. The molecule has 0 aromatic carbocycles. The topological polar surface area (TPSA) is 52.6 Å². The van der Waals surface area contributed by atoms with Crippen LogP contribution in [0, 0.1) is 23.7 Å². The molecule has 0 fully saturated rings. The van der Waals surface area contributed by atoms with E-state index in [1.807, 2.05) is 13.0 Å². The molecule has 0 aromatic heterocycles. The number of esters is 2. The van der Waals surface area contributed by atoms with Crippen LogP contribution in [0.1, 0.15) is 33.6 Å². The van der Waals surface area contributed by atoms with Crippen LogP contribution >= 0.6 is 0 Å². The highest BCUT2D eigenvalue weighted by Gasteiger charge is 2.10. The van der Waals surface area contributed by atoms with E-state index in [0.29, 0.717) is 12.8 Å². The largest absolute Gasteiger partial charge is 0.466 e. The third kappa shape index (κ3) is 13.8. The first-order valence-electron chi connectivity index (χ1n) is 6.64. The Hall–Kier alpha value is -2.46. The fourth-order valence-electron chi connectivity index (χ4n) is 1.31. The van der Waals surface area contributed by atoms with Gasteiger partial charge in [0.1, 0.15) is 6.10 Å². The van der Waals surface area contributed by atoms with Crippen LogP contribution in [0.5, 0.6) is 0 Å². The molecule has 0 spiro atoms. The van der Waals surface area contributed by atoms with Crippen LogP contribution < -0.4 is 0 Å². The number of carbonyl (C=O) groups is 2. The molecule has 0 bridgehead atoms. The van der Waals surface area contributed by atoms with Gasteiger partial charge in [-0.1, -0.05) is 24.0 Å². The Balaban J connectivity index is 4.24. The number of carbonyl (C=O) groups excluding carboxylic acids is 2. The fraction of sp³-hybridized carbons (Fsp3) is 0.412. The molecule has 0 aliphatic rings. The number of rotatable bonds is 6. The lowest BCUT2D eigenvalue weighted by atomic mass is 10.2. The Morgan fingerprint density at radius 2 is 1.76 bits per heavy atom. The summed E-state index contributed by atoms with van der Waals surface area (Å²) in [5.74, 6) is 10.1. The smallest absolute Gasteiger partial charge is 0.302 e. The zero-order chi connectivity index (χ0) is 15.9. The van der Waals surface area contributed by atoms with E-state index < -0.39 is 0 Å². The van der Waals surface area contributed by atoms with E-state index in [9.17, 15) is 9.59 Å². The molecule has 0 rings (SSSR count). The summed E-state index contributed by atoms with van der Waals surface area (Å²) in [6, 6.07) is 0. The van der Waals surface area contributed by atoms with Gasteiger partial charge in [-0.3, -0.25) is 9.59 Å². The Kier molecular flexibility index (Phi) is 11.1. The van der Waals surface area contributed by atoms with E-state index in [4.69, 9.17) is 9.47 Å². The predicted molar refractivity (Wildman–Crippen MR) is 80.9 cm³/mol. The van der Waals surface area contributed by atoms with Gasteiger partial charge in [-0.25, -0.2) is 0 Å². The normalized spacial score (nSPS) is 11.2. The molecule has 0 aliphatic heterocycles. The monoisotopic (exact) mass is 288 g/mol. The molecular formula is C17H20O4. The molecule has 0 heterocycles. The summed E-state index contributed by atoms with van der Waals surface area (Å²) in [5.41, 5.74) is 0. The Labute approximate surface area is 126 Å². The second kappa shape index (κ2) is 12.6. The van der Waals surface area contributed by atoms with Gasteiger partial charge >= 0.3 is 11.9 Å². The summed E-state index contributed by atoms with van der Waals surface area (Å²) in [6.45, 7) is 4.79. The number of allylic oxidation sites excluding steroid dienone is 3. The van der Waals surface area contributed by atoms with Gasteiger partial charge < -0.3 is 9.47 Å². The molecule has 112 valence electrons. The second-order valence-corrected chi connectivity index (χ2v) is 4.04. The van der Waals surface area contributed by atoms with Gasteiger partial charge in [-0.15, -0.1) is 0 Å². The van der Waals surface area contributed by atoms with Crippen molar-refractivity contribution in [3.05, 3.63) is 24.3 Å². The highest BCUT2D eigenvalue weighted by atomic mass is 16.6. The van der Waals surface area contributed by atoms with E-state index in [-0.39, 0.29) is 24.6 Å². The van der Waals surface area contributed by atoms with Crippen molar-refractivity contribution >= 4 is 11.9 Å². The zero-order valence-corrected chi connectivity index (χ0v) is 12.6. The Morgan fingerprint density at radius 3 is 2.33 bits per heavy atom. The summed E-state index contributed by atoms with van der Waals surface area (Å²) in [5, 5.41) is 0. The van der Waals surface area contributed by atoms with Crippen molar-refractivity contribution in [2.75, 3.05) is 6.61 Å². The van der Waals surface area contributed by atoms with Crippen LogP contribution in [-0.2, 0) is 19.1 Å². The highest BCUT2D eigenvalue weighted by molar-refractivity contribution is 5.66.